The summed E-state index contributed by atoms with van der Waals surface area (Å²) in [5, 5.41) is 6.39. The van der Waals surface area contributed by atoms with Crippen molar-refractivity contribution >= 4 is 23.4 Å². The van der Waals surface area contributed by atoms with Crippen molar-refractivity contribution in [1.82, 2.24) is 15.5 Å². The third kappa shape index (κ3) is 6.72. The molecule has 1 heterocycles. The van der Waals surface area contributed by atoms with Gasteiger partial charge in [0.2, 0.25) is 5.91 Å². The summed E-state index contributed by atoms with van der Waals surface area (Å²) in [6, 6.07) is 5.00. The zero-order valence-corrected chi connectivity index (χ0v) is 20.3. The summed E-state index contributed by atoms with van der Waals surface area (Å²) in [6.45, 7) is 10.1. The Morgan fingerprint density at radius 1 is 1.16 bits per heavy atom. The number of carbonyl (C=O) groups is 2. The number of ether oxygens (including phenoxy) is 1. The first-order valence-corrected chi connectivity index (χ1v) is 12.0. The van der Waals surface area contributed by atoms with E-state index in [9.17, 15) is 9.59 Å². The van der Waals surface area contributed by atoms with Crippen molar-refractivity contribution in [3.8, 4) is 5.75 Å². The van der Waals surface area contributed by atoms with Crippen LogP contribution in [-0.2, 0) is 4.79 Å². The number of carbonyl (C=O) groups excluding carboxylic acids is 2. The average molecular weight is 462 g/mol. The molecule has 176 valence electrons. The van der Waals surface area contributed by atoms with Crippen LogP contribution < -0.4 is 15.4 Å². The van der Waals surface area contributed by atoms with Crippen LogP contribution in [0.5, 0.6) is 5.75 Å². The van der Waals surface area contributed by atoms with Crippen molar-refractivity contribution in [2.75, 3.05) is 39.3 Å². The van der Waals surface area contributed by atoms with Gasteiger partial charge in [0, 0.05) is 24.7 Å². The summed E-state index contributed by atoms with van der Waals surface area (Å²) in [5.41, 5.74) is 3.70. The Kier molecular flexibility index (Phi) is 8.60. The molecule has 0 spiro atoms. The van der Waals surface area contributed by atoms with Gasteiger partial charge in [-0.2, -0.15) is 0 Å². The Bertz CT molecular complexity index is 866. The molecule has 1 aliphatic heterocycles. The Balaban J connectivity index is 1.65. The van der Waals surface area contributed by atoms with Crippen LogP contribution in [0.4, 0.5) is 0 Å². The van der Waals surface area contributed by atoms with E-state index in [1.807, 2.05) is 0 Å². The number of rotatable bonds is 3. The van der Waals surface area contributed by atoms with E-state index in [2.05, 4.69) is 36.3 Å². The molecule has 0 bridgehead atoms. The molecule has 6 nitrogen and oxygen atoms in total. The van der Waals surface area contributed by atoms with Crippen molar-refractivity contribution in [3.05, 3.63) is 39.9 Å². The molecule has 32 heavy (non-hydrogen) atoms. The largest absolute Gasteiger partial charge is 0.491 e. The summed E-state index contributed by atoms with van der Waals surface area (Å²) in [7, 11) is 0. The second-order valence-corrected chi connectivity index (χ2v) is 9.91. The first kappa shape index (κ1) is 24.6. The van der Waals surface area contributed by atoms with E-state index in [0.29, 0.717) is 36.0 Å². The van der Waals surface area contributed by atoms with E-state index in [0.717, 1.165) is 25.9 Å². The van der Waals surface area contributed by atoms with Gasteiger partial charge in [-0.15, -0.1) is 0 Å². The van der Waals surface area contributed by atoms with Crippen LogP contribution in [0.25, 0.3) is 0 Å². The van der Waals surface area contributed by atoms with E-state index >= 15 is 0 Å². The van der Waals surface area contributed by atoms with Crippen LogP contribution >= 0.6 is 11.6 Å². The minimum absolute atomic E-state index is 0.000342. The highest BCUT2D eigenvalue weighted by atomic mass is 35.5. The first-order valence-electron chi connectivity index (χ1n) is 11.6. The lowest BCUT2D eigenvalue weighted by Gasteiger charge is -2.36. The van der Waals surface area contributed by atoms with E-state index in [1.54, 1.807) is 23.8 Å². The number of hydrogen-bond donors (Lipinski definition) is 2. The monoisotopic (exact) mass is 461 g/mol. The lowest BCUT2D eigenvalue weighted by atomic mass is 9.71. The maximum absolute atomic E-state index is 12.7. The fraction of sp³-hybridized carbons (Fsp3) is 0.600. The molecule has 0 radical (unpaired) electrons. The second-order valence-electron chi connectivity index (χ2n) is 9.47. The van der Waals surface area contributed by atoms with Gasteiger partial charge in [-0.1, -0.05) is 36.6 Å². The summed E-state index contributed by atoms with van der Waals surface area (Å²) >= 11 is 6.08. The zero-order chi connectivity index (χ0) is 23.1. The molecular formula is C25H36ClN3O3. The Morgan fingerprint density at radius 3 is 2.75 bits per heavy atom. The second kappa shape index (κ2) is 11.2. The summed E-state index contributed by atoms with van der Waals surface area (Å²) in [6.07, 6.45) is 5.39. The molecule has 2 amide bonds. The fourth-order valence-corrected chi connectivity index (χ4v) is 4.95. The molecule has 1 aromatic rings. The lowest BCUT2D eigenvalue weighted by molar-refractivity contribution is -0.122. The lowest BCUT2D eigenvalue weighted by Crippen LogP contribution is -2.41. The maximum Gasteiger partial charge on any atom is 0.255 e. The molecule has 2 N–H and O–H groups in total. The normalized spacial score (nSPS) is 21.1. The van der Waals surface area contributed by atoms with Gasteiger partial charge in [0.05, 0.1) is 18.7 Å². The number of halogens is 1. The smallest absolute Gasteiger partial charge is 0.255 e. The van der Waals surface area contributed by atoms with Gasteiger partial charge in [0.25, 0.3) is 5.91 Å². The molecule has 2 aliphatic rings. The average Bonchev–Trinajstić information content (AvgIpc) is 2.73. The Morgan fingerprint density at radius 2 is 1.97 bits per heavy atom. The third-order valence-electron chi connectivity index (χ3n) is 6.54. The van der Waals surface area contributed by atoms with Crippen LogP contribution in [0.2, 0.25) is 5.02 Å². The van der Waals surface area contributed by atoms with E-state index in [1.165, 1.54) is 24.8 Å². The standard InChI is InChI=1S/C25H36ClN3O3/c1-18-6-4-10-25(2,3)21(18)9-14-29-13-5-11-28-24(31)20-16-19(26)7-8-22(20)32-15-12-27-23(30)17-29/h7-8,16H,4-6,9-15,17H2,1-3H3,(H,27,30)(H,28,31). The molecule has 0 aromatic heterocycles. The minimum atomic E-state index is -0.195. The number of nitrogens with zero attached hydrogens (tertiary/aromatic N) is 1. The van der Waals surface area contributed by atoms with Gasteiger partial charge in [-0.3, -0.25) is 14.5 Å². The maximum atomic E-state index is 12.7. The zero-order valence-electron chi connectivity index (χ0n) is 19.6. The van der Waals surface area contributed by atoms with Crippen LogP contribution in [0, 0.1) is 5.41 Å². The fourth-order valence-electron chi connectivity index (χ4n) is 4.78. The highest BCUT2D eigenvalue weighted by Gasteiger charge is 2.28. The van der Waals surface area contributed by atoms with Crippen molar-refractivity contribution in [3.63, 3.8) is 0 Å². The summed E-state index contributed by atoms with van der Waals surface area (Å²) < 4.78 is 5.74. The topological polar surface area (TPSA) is 70.7 Å². The van der Waals surface area contributed by atoms with Crippen molar-refractivity contribution < 1.29 is 14.3 Å². The number of benzene rings is 1. The molecule has 0 atom stereocenters. The molecule has 0 saturated carbocycles. The molecule has 3 rings (SSSR count). The predicted molar refractivity (Wildman–Crippen MR) is 128 cm³/mol. The number of nitrogens with one attached hydrogen (secondary N) is 2. The first-order chi connectivity index (χ1) is 15.3. The number of hydrogen-bond acceptors (Lipinski definition) is 4. The number of allylic oxidation sites excluding steroid dienone is 1. The van der Waals surface area contributed by atoms with Crippen LogP contribution in [0.1, 0.15) is 63.2 Å². The van der Waals surface area contributed by atoms with Crippen molar-refractivity contribution in [1.29, 1.82) is 0 Å². The minimum Gasteiger partial charge on any atom is -0.491 e. The van der Waals surface area contributed by atoms with Crippen LogP contribution in [-0.4, -0.2) is 56.0 Å². The predicted octanol–water partition coefficient (Wildman–Crippen LogP) is 4.19. The number of fused-ring (bicyclic) bond motifs is 1. The van der Waals surface area contributed by atoms with Gasteiger partial charge in [-0.05, 0) is 62.6 Å². The van der Waals surface area contributed by atoms with Crippen molar-refractivity contribution in [2.24, 2.45) is 5.41 Å². The van der Waals surface area contributed by atoms with Crippen LogP contribution in [0.3, 0.4) is 0 Å². The third-order valence-corrected chi connectivity index (χ3v) is 6.77. The highest BCUT2D eigenvalue weighted by Crippen LogP contribution is 2.41. The van der Waals surface area contributed by atoms with Crippen molar-refractivity contribution in [2.45, 2.75) is 52.9 Å². The van der Waals surface area contributed by atoms with Gasteiger partial charge in [0.15, 0.2) is 0 Å². The molecule has 1 aromatic carbocycles. The quantitative estimate of drug-likeness (QED) is 0.662. The van der Waals surface area contributed by atoms with Gasteiger partial charge >= 0.3 is 0 Å². The molecule has 0 unspecified atom stereocenters. The Labute approximate surface area is 196 Å². The molecule has 1 aliphatic carbocycles. The van der Waals surface area contributed by atoms with Crippen LogP contribution in [0.15, 0.2) is 29.3 Å². The molecule has 0 fully saturated rings. The van der Waals surface area contributed by atoms with Gasteiger partial charge in [0.1, 0.15) is 12.4 Å². The van der Waals surface area contributed by atoms with E-state index < -0.39 is 0 Å². The molecular weight excluding hydrogens is 426 g/mol. The molecule has 7 heteroatoms. The highest BCUT2D eigenvalue weighted by molar-refractivity contribution is 6.31. The summed E-state index contributed by atoms with van der Waals surface area (Å²) in [5.74, 6) is 0.276. The van der Waals surface area contributed by atoms with E-state index in [4.69, 9.17) is 16.3 Å². The Hall–Kier alpha value is -2.05. The summed E-state index contributed by atoms with van der Waals surface area (Å²) in [4.78, 5) is 27.4. The van der Waals surface area contributed by atoms with Gasteiger partial charge in [-0.25, -0.2) is 0 Å². The SMILES string of the molecule is CC1=C(CCN2CCCNC(=O)c3cc(Cl)ccc3OCCNC(=O)C2)C(C)(C)CCC1. The van der Waals surface area contributed by atoms with Gasteiger partial charge < -0.3 is 15.4 Å². The molecule has 0 saturated heterocycles. The van der Waals surface area contributed by atoms with E-state index in [-0.39, 0.29) is 23.8 Å². The number of amides is 2.